The van der Waals surface area contributed by atoms with Gasteiger partial charge in [-0.15, -0.1) is 0 Å². The summed E-state index contributed by atoms with van der Waals surface area (Å²) in [6, 6.07) is 6.03. The molecule has 1 aromatic rings. The molecule has 1 aliphatic rings. The van der Waals surface area contributed by atoms with Crippen LogP contribution in [0.1, 0.15) is 37.0 Å². The molecule has 7 nitrogen and oxygen atoms in total. The minimum Gasteiger partial charge on any atom is -0.350 e. The maximum atomic E-state index is 12.3. The lowest BCUT2D eigenvalue weighted by molar-refractivity contribution is 0.0921. The number of benzene rings is 1. The smallest absolute Gasteiger partial charge is 0.262 e. The summed E-state index contributed by atoms with van der Waals surface area (Å²) in [4.78, 5) is 21.1. The van der Waals surface area contributed by atoms with Gasteiger partial charge in [0.1, 0.15) is 0 Å². The number of amides is 1. The van der Waals surface area contributed by atoms with E-state index in [1.165, 1.54) is 44.2 Å². The number of likely N-dealkylation sites (tertiary alicyclic amines) is 1. The first-order valence-electron chi connectivity index (χ1n) is 8.50. The monoisotopic (exact) mass is 369 g/mol. The lowest BCUT2D eigenvalue weighted by Crippen LogP contribution is -2.45. The second-order valence-corrected chi connectivity index (χ2v) is 8.24. The van der Waals surface area contributed by atoms with Gasteiger partial charge in [0.2, 0.25) is 0 Å². The number of sulfonamides is 1. The third kappa shape index (κ3) is 5.50. The van der Waals surface area contributed by atoms with Crippen LogP contribution >= 0.6 is 0 Å². The fourth-order valence-corrected chi connectivity index (χ4v) is 3.69. The van der Waals surface area contributed by atoms with E-state index in [9.17, 15) is 13.2 Å². The highest BCUT2D eigenvalue weighted by atomic mass is 32.2. The van der Waals surface area contributed by atoms with E-state index in [0.717, 1.165) is 19.0 Å². The lowest BCUT2D eigenvalue weighted by atomic mass is 9.98. The van der Waals surface area contributed by atoms with Crippen molar-refractivity contribution in [2.24, 2.45) is 5.92 Å². The molecule has 25 heavy (non-hydrogen) atoms. The van der Waals surface area contributed by atoms with Gasteiger partial charge in [0, 0.05) is 18.2 Å². The Morgan fingerprint density at radius 2 is 1.88 bits per heavy atom. The van der Waals surface area contributed by atoms with Gasteiger partial charge in [-0.2, -0.15) is 0 Å². The maximum Gasteiger partial charge on any atom is 0.262 e. The zero-order valence-electron chi connectivity index (χ0n) is 15.0. The van der Waals surface area contributed by atoms with Gasteiger partial charge < -0.3 is 5.32 Å². The number of piperidine rings is 1. The molecule has 1 atom stereocenters. The number of carbonyl (C=O) groups excluding carboxylic acids is 1. The standard InChI is InChI=1S/C17H27N3O4S/c1-13-8-10-20(11-9-13)14(2)12-18-17(21)15-4-6-16(7-5-15)25(22,23)19-24-3/h4-7,13-14,19H,8-12H2,1-3H3,(H,18,21). The largest absolute Gasteiger partial charge is 0.350 e. The maximum absolute atomic E-state index is 12.3. The summed E-state index contributed by atoms with van der Waals surface area (Å²) in [7, 11) is -2.48. The van der Waals surface area contributed by atoms with Crippen LogP contribution in [-0.4, -0.2) is 52.0 Å². The van der Waals surface area contributed by atoms with Crippen molar-refractivity contribution in [3.63, 3.8) is 0 Å². The first-order valence-corrected chi connectivity index (χ1v) is 9.99. The Morgan fingerprint density at radius 1 is 1.28 bits per heavy atom. The van der Waals surface area contributed by atoms with Crippen molar-refractivity contribution >= 4 is 15.9 Å². The summed E-state index contributed by atoms with van der Waals surface area (Å²) in [5, 5.41) is 2.92. The van der Waals surface area contributed by atoms with Gasteiger partial charge in [-0.3, -0.25) is 14.5 Å². The van der Waals surface area contributed by atoms with Crippen LogP contribution in [-0.2, 0) is 14.9 Å². The molecular formula is C17H27N3O4S. The Bertz CT molecular complexity index is 668. The Labute approximate surface area is 149 Å². The molecule has 1 unspecified atom stereocenters. The van der Waals surface area contributed by atoms with Crippen molar-refractivity contribution < 1.29 is 18.0 Å². The predicted octanol–water partition coefficient (Wildman–Crippen LogP) is 1.38. The van der Waals surface area contributed by atoms with Crippen LogP contribution in [0.4, 0.5) is 0 Å². The van der Waals surface area contributed by atoms with E-state index in [4.69, 9.17) is 0 Å². The van der Waals surface area contributed by atoms with Crippen LogP contribution in [0.25, 0.3) is 0 Å². The molecular weight excluding hydrogens is 342 g/mol. The zero-order chi connectivity index (χ0) is 18.4. The molecule has 0 spiro atoms. The van der Waals surface area contributed by atoms with Crippen molar-refractivity contribution in [1.29, 1.82) is 0 Å². The minimum atomic E-state index is -3.71. The van der Waals surface area contributed by atoms with Crippen molar-refractivity contribution in [3.8, 4) is 0 Å². The van der Waals surface area contributed by atoms with E-state index in [0.29, 0.717) is 12.1 Å². The third-order valence-electron chi connectivity index (χ3n) is 4.62. The average Bonchev–Trinajstić information content (AvgIpc) is 2.60. The van der Waals surface area contributed by atoms with Crippen LogP contribution in [0.2, 0.25) is 0 Å². The van der Waals surface area contributed by atoms with Gasteiger partial charge in [0.15, 0.2) is 0 Å². The first-order chi connectivity index (χ1) is 11.8. The summed E-state index contributed by atoms with van der Waals surface area (Å²) < 4.78 is 23.6. The van der Waals surface area contributed by atoms with E-state index in [2.05, 4.69) is 28.9 Å². The molecule has 1 saturated heterocycles. The number of hydrogen-bond acceptors (Lipinski definition) is 5. The van der Waals surface area contributed by atoms with Crippen molar-refractivity contribution in [1.82, 2.24) is 15.1 Å². The van der Waals surface area contributed by atoms with Crippen LogP contribution in [0, 0.1) is 5.92 Å². The lowest BCUT2D eigenvalue weighted by Gasteiger charge is -2.35. The van der Waals surface area contributed by atoms with E-state index in [-0.39, 0.29) is 16.8 Å². The van der Waals surface area contributed by atoms with Crippen molar-refractivity contribution in [2.45, 2.75) is 37.6 Å². The Balaban J connectivity index is 1.88. The van der Waals surface area contributed by atoms with Gasteiger partial charge in [-0.1, -0.05) is 11.8 Å². The number of carbonyl (C=O) groups is 1. The topological polar surface area (TPSA) is 87.7 Å². The number of nitrogens with zero attached hydrogens (tertiary/aromatic N) is 1. The normalized spacial score (nSPS) is 18.0. The van der Waals surface area contributed by atoms with Gasteiger partial charge >= 0.3 is 0 Å². The van der Waals surface area contributed by atoms with Crippen molar-refractivity contribution in [3.05, 3.63) is 29.8 Å². The predicted molar refractivity (Wildman–Crippen MR) is 95.5 cm³/mol. The fourth-order valence-electron chi connectivity index (χ4n) is 2.88. The van der Waals surface area contributed by atoms with Crippen LogP contribution < -0.4 is 10.2 Å². The molecule has 1 fully saturated rings. The Morgan fingerprint density at radius 3 is 2.44 bits per heavy atom. The summed E-state index contributed by atoms with van der Waals surface area (Å²) >= 11 is 0. The van der Waals surface area contributed by atoms with E-state index in [1.54, 1.807) is 0 Å². The van der Waals surface area contributed by atoms with Crippen LogP contribution in [0.3, 0.4) is 0 Å². The molecule has 1 heterocycles. The van der Waals surface area contributed by atoms with Gasteiger partial charge in [-0.05, 0) is 63.0 Å². The molecule has 2 N–H and O–H groups in total. The highest BCUT2D eigenvalue weighted by Gasteiger charge is 2.21. The number of rotatable bonds is 7. The molecule has 8 heteroatoms. The summed E-state index contributed by atoms with van der Waals surface area (Å²) in [6.07, 6.45) is 2.40. The molecule has 2 rings (SSSR count). The second-order valence-electron chi connectivity index (χ2n) is 6.59. The summed E-state index contributed by atoms with van der Waals surface area (Å²) in [6.45, 7) is 7.09. The highest BCUT2D eigenvalue weighted by Crippen LogP contribution is 2.17. The molecule has 0 bridgehead atoms. The number of hydrogen-bond donors (Lipinski definition) is 2. The Kier molecular flexibility index (Phi) is 6.95. The summed E-state index contributed by atoms with van der Waals surface area (Å²) in [5.41, 5.74) is 0.427. The van der Waals surface area contributed by atoms with E-state index >= 15 is 0 Å². The highest BCUT2D eigenvalue weighted by molar-refractivity contribution is 7.89. The third-order valence-corrected chi connectivity index (χ3v) is 5.90. The second kappa shape index (κ2) is 8.75. The fraction of sp³-hybridized carbons (Fsp3) is 0.588. The molecule has 140 valence electrons. The van der Waals surface area contributed by atoms with E-state index < -0.39 is 10.0 Å². The number of nitrogens with one attached hydrogen (secondary N) is 2. The first kappa shape index (κ1) is 19.8. The molecule has 0 aliphatic carbocycles. The zero-order valence-corrected chi connectivity index (χ0v) is 15.8. The molecule has 1 amide bonds. The van der Waals surface area contributed by atoms with Gasteiger partial charge in [-0.25, -0.2) is 8.42 Å². The van der Waals surface area contributed by atoms with Gasteiger partial charge in [0.25, 0.3) is 15.9 Å². The van der Waals surface area contributed by atoms with Crippen molar-refractivity contribution in [2.75, 3.05) is 26.7 Å². The average molecular weight is 369 g/mol. The molecule has 1 aliphatic heterocycles. The SMILES string of the molecule is CONS(=O)(=O)c1ccc(C(=O)NCC(C)N2CCC(C)CC2)cc1. The molecule has 1 aromatic carbocycles. The van der Waals surface area contributed by atoms with Crippen LogP contribution in [0.5, 0.6) is 0 Å². The molecule has 0 saturated carbocycles. The Hall–Kier alpha value is -1.48. The molecule has 0 radical (unpaired) electrons. The quantitative estimate of drug-likeness (QED) is 0.709. The van der Waals surface area contributed by atoms with Gasteiger partial charge in [0.05, 0.1) is 12.0 Å². The van der Waals surface area contributed by atoms with Crippen LogP contribution in [0.15, 0.2) is 29.2 Å². The van der Waals surface area contributed by atoms with E-state index in [1.807, 2.05) is 4.89 Å². The summed E-state index contributed by atoms with van der Waals surface area (Å²) in [5.74, 6) is 0.571. The minimum absolute atomic E-state index is 0.0432. The molecule has 0 aromatic heterocycles.